The molecule has 0 saturated carbocycles. The Morgan fingerprint density at radius 2 is 2.30 bits per heavy atom. The smallest absolute Gasteiger partial charge is 0.0866 e. The van der Waals surface area contributed by atoms with Crippen LogP contribution in [0, 0.1) is 0 Å². The molecule has 2 N–H and O–H groups in total. The lowest BCUT2D eigenvalue weighted by Gasteiger charge is -1.91. The number of fused-ring (bicyclic) bond motifs is 1. The summed E-state index contributed by atoms with van der Waals surface area (Å²) in [4.78, 5) is 0. The molecule has 10 heavy (non-hydrogen) atoms. The topological polar surface area (TPSA) is 56.2 Å². The maximum absolute atomic E-state index is 5.49. The molecule has 0 amide bonds. The second-order valence-corrected chi connectivity index (χ2v) is 2.07. The monoisotopic (exact) mass is 134 g/mol. The van der Waals surface area contributed by atoms with Crippen molar-refractivity contribution in [3.8, 4) is 0 Å². The Kier molecular flexibility index (Phi) is 0.887. The van der Waals surface area contributed by atoms with E-state index in [9.17, 15) is 0 Å². The van der Waals surface area contributed by atoms with Crippen molar-refractivity contribution in [3.05, 3.63) is 24.5 Å². The van der Waals surface area contributed by atoms with E-state index < -0.39 is 0 Å². The van der Waals surface area contributed by atoms with Gasteiger partial charge in [0, 0.05) is 0 Å². The van der Waals surface area contributed by atoms with Gasteiger partial charge in [-0.3, -0.25) is 0 Å². The normalized spacial score (nSPS) is 10.4. The lowest BCUT2D eigenvalue weighted by atomic mass is 10.4. The molecular weight excluding hydrogens is 128 g/mol. The summed E-state index contributed by atoms with van der Waals surface area (Å²) in [5.74, 6) is 0. The molecule has 0 spiro atoms. The molecule has 4 nitrogen and oxygen atoms in total. The molecule has 0 bridgehead atoms. The second-order valence-electron chi connectivity index (χ2n) is 2.07. The molecule has 2 aromatic heterocycles. The molecule has 0 aromatic carbocycles. The largest absolute Gasteiger partial charge is 0.397 e. The van der Waals surface area contributed by atoms with Gasteiger partial charge in [0.1, 0.15) is 0 Å². The quantitative estimate of drug-likeness (QED) is 0.564. The Morgan fingerprint density at radius 1 is 1.40 bits per heavy atom. The predicted octanol–water partition coefficient (Wildman–Crippen LogP) is 0.311. The van der Waals surface area contributed by atoms with Gasteiger partial charge in [0.2, 0.25) is 0 Å². The predicted molar refractivity (Wildman–Crippen MR) is 37.4 cm³/mol. The van der Waals surface area contributed by atoms with E-state index in [0.29, 0.717) is 5.69 Å². The minimum absolute atomic E-state index is 0.693. The third kappa shape index (κ3) is 0.621. The van der Waals surface area contributed by atoms with E-state index in [1.165, 1.54) is 0 Å². The average Bonchev–Trinajstić information content (AvgIpc) is 2.33. The van der Waals surface area contributed by atoms with Gasteiger partial charge in [0.05, 0.1) is 23.6 Å². The van der Waals surface area contributed by atoms with E-state index in [0.717, 1.165) is 5.52 Å². The summed E-state index contributed by atoms with van der Waals surface area (Å²) in [6, 6.07) is 3.69. The van der Waals surface area contributed by atoms with Crippen LogP contribution in [0.3, 0.4) is 0 Å². The van der Waals surface area contributed by atoms with Crippen LogP contribution < -0.4 is 5.73 Å². The van der Waals surface area contributed by atoms with Crippen LogP contribution >= 0.6 is 0 Å². The summed E-state index contributed by atoms with van der Waals surface area (Å²) in [6.45, 7) is 0. The summed E-state index contributed by atoms with van der Waals surface area (Å²) in [5, 5.41) is 7.47. The van der Waals surface area contributed by atoms with Crippen LogP contribution in [0.1, 0.15) is 0 Å². The molecule has 2 rings (SSSR count). The zero-order valence-electron chi connectivity index (χ0n) is 5.23. The first kappa shape index (κ1) is 5.22. The molecule has 0 fully saturated rings. The van der Waals surface area contributed by atoms with Gasteiger partial charge in [-0.05, 0) is 12.1 Å². The first-order valence-corrected chi connectivity index (χ1v) is 2.92. The molecule has 0 aliphatic heterocycles. The zero-order valence-corrected chi connectivity index (χ0v) is 5.23. The van der Waals surface area contributed by atoms with Gasteiger partial charge in [0.15, 0.2) is 0 Å². The van der Waals surface area contributed by atoms with Crippen LogP contribution in [-0.2, 0) is 0 Å². The standard InChI is InChI=1S/C6H6N4/c7-5-1-2-6-3-8-9-10(6)4-5/h1-4H,7H2. The number of aromatic nitrogens is 3. The summed E-state index contributed by atoms with van der Waals surface area (Å²) in [7, 11) is 0. The number of pyridine rings is 1. The van der Waals surface area contributed by atoms with Crippen LogP contribution in [0.4, 0.5) is 5.69 Å². The maximum Gasteiger partial charge on any atom is 0.0866 e. The minimum Gasteiger partial charge on any atom is -0.397 e. The maximum atomic E-state index is 5.49. The van der Waals surface area contributed by atoms with E-state index in [1.54, 1.807) is 16.9 Å². The molecule has 2 aromatic rings. The summed E-state index contributed by atoms with van der Waals surface area (Å²) >= 11 is 0. The number of anilines is 1. The van der Waals surface area contributed by atoms with E-state index >= 15 is 0 Å². The van der Waals surface area contributed by atoms with Gasteiger partial charge in [0.25, 0.3) is 0 Å². The van der Waals surface area contributed by atoms with Crippen molar-refractivity contribution in [1.29, 1.82) is 0 Å². The highest BCUT2D eigenvalue weighted by Crippen LogP contribution is 2.03. The first-order valence-electron chi connectivity index (χ1n) is 2.92. The van der Waals surface area contributed by atoms with Crippen molar-refractivity contribution in [2.45, 2.75) is 0 Å². The van der Waals surface area contributed by atoms with Crippen molar-refractivity contribution in [3.63, 3.8) is 0 Å². The Balaban J connectivity index is 2.86. The van der Waals surface area contributed by atoms with Crippen LogP contribution in [-0.4, -0.2) is 14.8 Å². The Hall–Kier alpha value is -1.58. The van der Waals surface area contributed by atoms with Gasteiger partial charge in [-0.15, -0.1) is 5.10 Å². The van der Waals surface area contributed by atoms with Crippen molar-refractivity contribution in [1.82, 2.24) is 14.8 Å². The fourth-order valence-corrected chi connectivity index (χ4v) is 0.837. The lowest BCUT2D eigenvalue weighted by molar-refractivity contribution is 0.857. The van der Waals surface area contributed by atoms with Crippen LogP contribution in [0.2, 0.25) is 0 Å². The fourth-order valence-electron chi connectivity index (χ4n) is 0.837. The SMILES string of the molecule is Nc1ccc2cnnn2c1. The lowest BCUT2D eigenvalue weighted by Crippen LogP contribution is -1.90. The highest BCUT2D eigenvalue weighted by molar-refractivity contribution is 5.49. The average molecular weight is 134 g/mol. The van der Waals surface area contributed by atoms with Gasteiger partial charge < -0.3 is 5.73 Å². The molecule has 0 unspecified atom stereocenters. The van der Waals surface area contributed by atoms with Crippen molar-refractivity contribution < 1.29 is 0 Å². The van der Waals surface area contributed by atoms with Crippen molar-refractivity contribution in [2.75, 3.05) is 5.73 Å². The van der Waals surface area contributed by atoms with Crippen LogP contribution in [0.15, 0.2) is 24.5 Å². The van der Waals surface area contributed by atoms with Crippen molar-refractivity contribution >= 4 is 11.2 Å². The second kappa shape index (κ2) is 1.70. The van der Waals surface area contributed by atoms with Gasteiger partial charge in [-0.25, -0.2) is 4.52 Å². The highest BCUT2D eigenvalue weighted by atomic mass is 15.4. The number of nitrogens with zero attached hydrogens (tertiary/aromatic N) is 3. The molecule has 0 radical (unpaired) electrons. The number of nitrogens with two attached hydrogens (primary N) is 1. The summed E-state index contributed by atoms with van der Waals surface area (Å²) < 4.78 is 1.63. The number of hydrogen-bond donors (Lipinski definition) is 1. The molecule has 0 atom stereocenters. The van der Waals surface area contributed by atoms with E-state index in [-0.39, 0.29) is 0 Å². The fraction of sp³-hybridized carbons (Fsp3) is 0. The third-order valence-corrected chi connectivity index (χ3v) is 1.32. The molecule has 2 heterocycles. The number of nitrogen functional groups attached to an aromatic ring is 1. The molecule has 0 saturated heterocycles. The van der Waals surface area contributed by atoms with Gasteiger partial charge >= 0.3 is 0 Å². The Bertz CT molecular complexity index is 351. The summed E-state index contributed by atoms with van der Waals surface area (Å²) in [6.07, 6.45) is 3.40. The van der Waals surface area contributed by atoms with E-state index in [1.807, 2.05) is 12.1 Å². The number of rotatable bonds is 0. The third-order valence-electron chi connectivity index (χ3n) is 1.32. The summed E-state index contributed by atoms with van der Waals surface area (Å²) in [5.41, 5.74) is 7.14. The minimum atomic E-state index is 0.693. The Morgan fingerprint density at radius 3 is 3.20 bits per heavy atom. The van der Waals surface area contributed by atoms with Crippen LogP contribution in [0.25, 0.3) is 5.52 Å². The van der Waals surface area contributed by atoms with Gasteiger partial charge in [-0.1, -0.05) is 5.21 Å². The number of hydrogen-bond acceptors (Lipinski definition) is 3. The highest BCUT2D eigenvalue weighted by Gasteiger charge is 1.91. The van der Waals surface area contributed by atoms with Gasteiger partial charge in [-0.2, -0.15) is 0 Å². The molecule has 50 valence electrons. The molecular formula is C6H6N4. The Labute approximate surface area is 57.3 Å². The zero-order chi connectivity index (χ0) is 6.97. The van der Waals surface area contributed by atoms with E-state index in [4.69, 9.17) is 5.73 Å². The van der Waals surface area contributed by atoms with Crippen LogP contribution in [0.5, 0.6) is 0 Å². The van der Waals surface area contributed by atoms with Crippen molar-refractivity contribution in [2.24, 2.45) is 0 Å². The molecule has 4 heteroatoms. The molecule has 0 aliphatic carbocycles. The molecule has 0 aliphatic rings. The first-order chi connectivity index (χ1) is 4.86. The van der Waals surface area contributed by atoms with E-state index in [2.05, 4.69) is 10.3 Å².